The maximum atomic E-state index is 5.66. The smallest absolute Gasteiger partial charge is 0.220 e. The Morgan fingerprint density at radius 2 is 2.05 bits per heavy atom. The summed E-state index contributed by atoms with van der Waals surface area (Å²) < 4.78 is 2.31. The molecule has 0 spiro atoms. The number of benzene rings is 1. The summed E-state index contributed by atoms with van der Waals surface area (Å²) in [5.74, 6) is 1.50. The number of nitrogen functional groups attached to an aromatic ring is 1. The highest BCUT2D eigenvalue weighted by Gasteiger charge is 2.15. The van der Waals surface area contributed by atoms with Gasteiger partial charge < -0.3 is 10.3 Å². The summed E-state index contributed by atoms with van der Waals surface area (Å²) in [5, 5.41) is 1.00. The van der Waals surface area contributed by atoms with Gasteiger partial charge in [0.2, 0.25) is 5.95 Å². The zero-order valence-electron chi connectivity index (χ0n) is 11.1. The van der Waals surface area contributed by atoms with E-state index in [1.54, 1.807) is 6.20 Å². The molecular formula is C15H15N5. The fourth-order valence-electron chi connectivity index (χ4n) is 2.84. The molecule has 20 heavy (non-hydrogen) atoms. The largest absolute Gasteiger partial charge is 0.368 e. The number of anilines is 1. The highest BCUT2D eigenvalue weighted by atomic mass is 15.1. The molecule has 0 saturated heterocycles. The summed E-state index contributed by atoms with van der Waals surface area (Å²) in [6.45, 7) is 1.05. The number of imidazole rings is 1. The molecule has 1 aliphatic rings. The Labute approximate surface area is 116 Å². The van der Waals surface area contributed by atoms with Gasteiger partial charge >= 0.3 is 0 Å². The lowest BCUT2D eigenvalue weighted by Crippen LogP contribution is -2.11. The molecule has 2 aromatic heterocycles. The Balaban J connectivity index is 1.87. The molecule has 5 heteroatoms. The van der Waals surface area contributed by atoms with Gasteiger partial charge in [-0.1, -0.05) is 12.1 Å². The van der Waals surface area contributed by atoms with E-state index in [4.69, 9.17) is 5.73 Å². The van der Waals surface area contributed by atoms with Gasteiger partial charge in [0.1, 0.15) is 5.82 Å². The Morgan fingerprint density at radius 3 is 3.00 bits per heavy atom. The number of rotatable bonds is 1. The summed E-state index contributed by atoms with van der Waals surface area (Å²) in [7, 11) is 0. The number of aromatic nitrogens is 4. The van der Waals surface area contributed by atoms with Crippen molar-refractivity contribution in [2.45, 2.75) is 25.8 Å². The number of hydrogen-bond donors (Lipinski definition) is 1. The summed E-state index contributed by atoms with van der Waals surface area (Å²) in [4.78, 5) is 12.9. The van der Waals surface area contributed by atoms with Crippen LogP contribution in [0, 0.1) is 0 Å². The number of nitrogens with two attached hydrogens (primary N) is 1. The first-order valence-corrected chi connectivity index (χ1v) is 6.88. The average molecular weight is 265 g/mol. The first-order valence-electron chi connectivity index (χ1n) is 6.88. The molecule has 0 atom stereocenters. The van der Waals surface area contributed by atoms with Gasteiger partial charge in [0.15, 0.2) is 0 Å². The van der Waals surface area contributed by atoms with Gasteiger partial charge in [-0.15, -0.1) is 0 Å². The topological polar surface area (TPSA) is 69.6 Å². The Hall–Kier alpha value is -2.43. The van der Waals surface area contributed by atoms with E-state index in [9.17, 15) is 0 Å². The molecule has 0 amide bonds. The van der Waals surface area contributed by atoms with Crippen molar-refractivity contribution in [3.8, 4) is 11.3 Å². The van der Waals surface area contributed by atoms with Crippen LogP contribution in [-0.2, 0) is 13.0 Å². The molecule has 4 rings (SSSR count). The minimum atomic E-state index is 0.310. The van der Waals surface area contributed by atoms with Gasteiger partial charge in [0, 0.05) is 30.1 Å². The van der Waals surface area contributed by atoms with Gasteiger partial charge in [0.05, 0.1) is 17.4 Å². The minimum absolute atomic E-state index is 0.310. The van der Waals surface area contributed by atoms with E-state index in [2.05, 4.69) is 31.7 Å². The Kier molecular flexibility index (Phi) is 2.45. The molecule has 100 valence electrons. The Bertz CT molecular complexity index is 790. The summed E-state index contributed by atoms with van der Waals surface area (Å²) in [6.07, 6.45) is 7.25. The van der Waals surface area contributed by atoms with Gasteiger partial charge in [-0.25, -0.2) is 15.0 Å². The van der Waals surface area contributed by atoms with Crippen LogP contribution in [0.3, 0.4) is 0 Å². The molecule has 0 unspecified atom stereocenters. The van der Waals surface area contributed by atoms with Gasteiger partial charge in [-0.05, 0) is 18.9 Å². The fraction of sp³-hybridized carbons (Fsp3) is 0.267. The lowest BCUT2D eigenvalue weighted by molar-refractivity contribution is 0.526. The quantitative estimate of drug-likeness (QED) is 0.733. The maximum absolute atomic E-state index is 5.66. The minimum Gasteiger partial charge on any atom is -0.368 e. The molecule has 0 fully saturated rings. The van der Waals surface area contributed by atoms with Crippen LogP contribution in [0.1, 0.15) is 18.7 Å². The third-order valence-electron chi connectivity index (χ3n) is 3.87. The molecule has 5 nitrogen and oxygen atoms in total. The van der Waals surface area contributed by atoms with Crippen LogP contribution in [0.15, 0.2) is 30.6 Å². The molecule has 2 N–H and O–H groups in total. The number of hydrogen-bond acceptors (Lipinski definition) is 4. The molecule has 1 aromatic carbocycles. The monoisotopic (exact) mass is 265 g/mol. The Morgan fingerprint density at radius 1 is 1.10 bits per heavy atom. The molecule has 0 saturated carbocycles. The highest BCUT2D eigenvalue weighted by molar-refractivity contribution is 5.83. The van der Waals surface area contributed by atoms with Crippen molar-refractivity contribution in [2.75, 3.05) is 5.73 Å². The van der Waals surface area contributed by atoms with Crippen LogP contribution in [-0.4, -0.2) is 19.5 Å². The summed E-state index contributed by atoms with van der Waals surface area (Å²) >= 11 is 0. The molecule has 0 aliphatic carbocycles. The van der Waals surface area contributed by atoms with Gasteiger partial charge in [-0.3, -0.25) is 0 Å². The maximum Gasteiger partial charge on any atom is 0.220 e. The van der Waals surface area contributed by atoms with E-state index in [1.165, 1.54) is 24.4 Å². The van der Waals surface area contributed by atoms with Crippen LogP contribution in [0.2, 0.25) is 0 Å². The molecule has 3 heterocycles. The molecule has 0 bridgehead atoms. The molecular weight excluding hydrogens is 250 g/mol. The van der Waals surface area contributed by atoms with E-state index in [0.717, 1.165) is 29.4 Å². The van der Waals surface area contributed by atoms with Crippen LogP contribution in [0.25, 0.3) is 22.2 Å². The first kappa shape index (κ1) is 11.4. The van der Waals surface area contributed by atoms with Crippen molar-refractivity contribution in [2.24, 2.45) is 0 Å². The SMILES string of the molecule is Nc1ncc2ccc(-c3cnc4n3CCCC4)cc2n1. The van der Waals surface area contributed by atoms with Gasteiger partial charge in [-0.2, -0.15) is 0 Å². The van der Waals surface area contributed by atoms with E-state index in [0.29, 0.717) is 5.95 Å². The third kappa shape index (κ3) is 1.74. The van der Waals surface area contributed by atoms with Crippen molar-refractivity contribution in [1.82, 2.24) is 19.5 Å². The van der Waals surface area contributed by atoms with Crippen molar-refractivity contribution >= 4 is 16.9 Å². The average Bonchev–Trinajstić information content (AvgIpc) is 2.90. The van der Waals surface area contributed by atoms with Crippen LogP contribution < -0.4 is 5.73 Å². The lowest BCUT2D eigenvalue weighted by atomic mass is 10.1. The highest BCUT2D eigenvalue weighted by Crippen LogP contribution is 2.27. The number of fused-ring (bicyclic) bond motifs is 2. The van der Waals surface area contributed by atoms with Gasteiger partial charge in [0.25, 0.3) is 0 Å². The zero-order valence-corrected chi connectivity index (χ0v) is 11.1. The lowest BCUT2D eigenvalue weighted by Gasteiger charge is -2.16. The van der Waals surface area contributed by atoms with Crippen LogP contribution >= 0.6 is 0 Å². The summed E-state index contributed by atoms with van der Waals surface area (Å²) in [5.41, 5.74) is 8.84. The second kappa shape index (κ2) is 4.30. The van der Waals surface area contributed by atoms with Crippen molar-refractivity contribution in [3.05, 3.63) is 36.4 Å². The fourth-order valence-corrected chi connectivity index (χ4v) is 2.84. The van der Waals surface area contributed by atoms with Crippen LogP contribution in [0.4, 0.5) is 5.95 Å². The molecule has 3 aromatic rings. The second-order valence-corrected chi connectivity index (χ2v) is 5.17. The summed E-state index contributed by atoms with van der Waals surface area (Å²) in [6, 6.07) is 6.19. The normalized spacial score (nSPS) is 14.4. The molecule has 1 aliphatic heterocycles. The third-order valence-corrected chi connectivity index (χ3v) is 3.87. The second-order valence-electron chi connectivity index (χ2n) is 5.17. The van der Waals surface area contributed by atoms with Crippen molar-refractivity contribution in [3.63, 3.8) is 0 Å². The number of nitrogens with zero attached hydrogens (tertiary/aromatic N) is 4. The van der Waals surface area contributed by atoms with E-state index >= 15 is 0 Å². The zero-order chi connectivity index (χ0) is 13.5. The molecule has 0 radical (unpaired) electrons. The number of aryl methyl sites for hydroxylation is 1. The first-order chi connectivity index (χ1) is 9.81. The van der Waals surface area contributed by atoms with Crippen LogP contribution in [0.5, 0.6) is 0 Å². The predicted octanol–water partition coefficient (Wildman–Crippen LogP) is 2.41. The van der Waals surface area contributed by atoms with E-state index in [-0.39, 0.29) is 0 Å². The van der Waals surface area contributed by atoms with E-state index in [1.807, 2.05) is 12.3 Å². The predicted molar refractivity (Wildman–Crippen MR) is 78.1 cm³/mol. The van der Waals surface area contributed by atoms with E-state index < -0.39 is 0 Å². The van der Waals surface area contributed by atoms with Crippen molar-refractivity contribution < 1.29 is 0 Å². The standard InChI is InChI=1S/C15H15N5/c16-15-18-8-11-5-4-10(7-12(11)19-15)13-9-17-14-3-1-2-6-20(13)14/h4-5,7-9H,1-3,6H2,(H2,16,18,19). The van der Waals surface area contributed by atoms with Crippen molar-refractivity contribution in [1.29, 1.82) is 0 Å².